The zero-order valence-electron chi connectivity index (χ0n) is 13.2. The molecule has 0 aliphatic heterocycles. The summed E-state index contributed by atoms with van der Waals surface area (Å²) < 4.78 is 10.7. The Morgan fingerprint density at radius 3 is 2.57 bits per heavy atom. The van der Waals surface area contributed by atoms with Gasteiger partial charge in [0, 0.05) is 17.8 Å². The van der Waals surface area contributed by atoms with Gasteiger partial charge in [-0.25, -0.2) is 14.8 Å². The van der Waals surface area contributed by atoms with E-state index in [0.29, 0.717) is 5.75 Å². The fourth-order valence-corrected chi connectivity index (χ4v) is 1.88. The Labute approximate surface area is 133 Å². The quantitative estimate of drug-likeness (QED) is 0.803. The van der Waals surface area contributed by atoms with Gasteiger partial charge in [0.1, 0.15) is 5.75 Å². The number of nitrogen functional groups attached to an aromatic ring is 2. The first kappa shape index (κ1) is 16.5. The van der Waals surface area contributed by atoms with Crippen molar-refractivity contribution < 1.29 is 14.3 Å². The summed E-state index contributed by atoms with van der Waals surface area (Å²) in [6.45, 7) is 5.96. The van der Waals surface area contributed by atoms with Crippen LogP contribution in [-0.4, -0.2) is 27.5 Å². The molecule has 0 amide bonds. The van der Waals surface area contributed by atoms with Crippen molar-refractivity contribution in [3.8, 4) is 11.5 Å². The highest BCUT2D eigenvalue weighted by Gasteiger charge is 2.17. The van der Waals surface area contributed by atoms with E-state index in [1.54, 1.807) is 13.1 Å². The van der Waals surface area contributed by atoms with Gasteiger partial charge in [-0.05, 0) is 12.8 Å². The second kappa shape index (κ2) is 6.91. The SMILES string of the molecule is CCOC(=O)c1cc(Oc2cnc(N)nc2N)c(C(C)C)cn1. The van der Waals surface area contributed by atoms with E-state index < -0.39 is 5.97 Å². The number of nitrogens with zero attached hydrogens (tertiary/aromatic N) is 3. The summed E-state index contributed by atoms with van der Waals surface area (Å²) in [5.41, 5.74) is 12.2. The molecule has 0 atom stereocenters. The first-order valence-electron chi connectivity index (χ1n) is 7.15. The smallest absolute Gasteiger partial charge is 0.357 e. The molecule has 8 nitrogen and oxygen atoms in total. The van der Waals surface area contributed by atoms with Gasteiger partial charge in [0.2, 0.25) is 5.95 Å². The van der Waals surface area contributed by atoms with Gasteiger partial charge in [-0.2, -0.15) is 4.98 Å². The topological polar surface area (TPSA) is 126 Å². The van der Waals surface area contributed by atoms with Crippen LogP contribution in [0.3, 0.4) is 0 Å². The highest BCUT2D eigenvalue weighted by atomic mass is 16.5. The third-order valence-corrected chi connectivity index (χ3v) is 3.02. The van der Waals surface area contributed by atoms with Crippen LogP contribution in [0.4, 0.5) is 11.8 Å². The van der Waals surface area contributed by atoms with Crippen LogP contribution in [-0.2, 0) is 4.74 Å². The van der Waals surface area contributed by atoms with Crippen molar-refractivity contribution >= 4 is 17.7 Å². The molecule has 2 aromatic rings. The first-order chi connectivity index (χ1) is 10.9. The van der Waals surface area contributed by atoms with Gasteiger partial charge in [0.05, 0.1) is 12.8 Å². The highest BCUT2D eigenvalue weighted by molar-refractivity contribution is 5.87. The number of nitrogens with two attached hydrogens (primary N) is 2. The van der Waals surface area contributed by atoms with Crippen molar-refractivity contribution in [1.82, 2.24) is 15.0 Å². The molecule has 0 aliphatic carbocycles. The fraction of sp³-hybridized carbons (Fsp3) is 0.333. The summed E-state index contributed by atoms with van der Waals surface area (Å²) in [6.07, 6.45) is 2.97. The lowest BCUT2D eigenvalue weighted by Gasteiger charge is -2.15. The van der Waals surface area contributed by atoms with Gasteiger partial charge < -0.3 is 20.9 Å². The second-order valence-corrected chi connectivity index (χ2v) is 5.06. The van der Waals surface area contributed by atoms with E-state index in [1.807, 2.05) is 13.8 Å². The van der Waals surface area contributed by atoms with E-state index in [4.69, 9.17) is 20.9 Å². The van der Waals surface area contributed by atoms with Crippen LogP contribution in [0.2, 0.25) is 0 Å². The lowest BCUT2D eigenvalue weighted by molar-refractivity contribution is 0.0519. The van der Waals surface area contributed by atoms with E-state index in [9.17, 15) is 4.79 Å². The van der Waals surface area contributed by atoms with Crippen LogP contribution in [0.1, 0.15) is 42.7 Å². The highest BCUT2D eigenvalue weighted by Crippen LogP contribution is 2.32. The van der Waals surface area contributed by atoms with Crippen LogP contribution in [0.25, 0.3) is 0 Å². The zero-order chi connectivity index (χ0) is 17.0. The summed E-state index contributed by atoms with van der Waals surface area (Å²) in [5, 5.41) is 0. The van der Waals surface area contributed by atoms with Gasteiger partial charge in [-0.3, -0.25) is 0 Å². The van der Waals surface area contributed by atoms with E-state index in [2.05, 4.69) is 15.0 Å². The van der Waals surface area contributed by atoms with E-state index in [1.165, 1.54) is 12.3 Å². The largest absolute Gasteiger partial charge is 0.461 e. The molecule has 23 heavy (non-hydrogen) atoms. The Bertz CT molecular complexity index is 718. The van der Waals surface area contributed by atoms with Gasteiger partial charge in [-0.1, -0.05) is 13.8 Å². The molecule has 0 aromatic carbocycles. The summed E-state index contributed by atoms with van der Waals surface area (Å²) in [4.78, 5) is 23.7. The maximum atomic E-state index is 11.8. The van der Waals surface area contributed by atoms with Crippen molar-refractivity contribution in [2.24, 2.45) is 0 Å². The van der Waals surface area contributed by atoms with E-state index in [-0.39, 0.29) is 35.7 Å². The number of anilines is 2. The van der Waals surface area contributed by atoms with Crippen molar-refractivity contribution in [2.45, 2.75) is 26.7 Å². The van der Waals surface area contributed by atoms with Gasteiger partial charge in [0.25, 0.3) is 0 Å². The standard InChI is InChI=1S/C15H19N5O3/c1-4-22-14(21)10-5-11(9(6-18-10)8(2)3)23-12-7-19-15(17)20-13(12)16/h5-8H,4H2,1-3H3,(H4,16,17,19,20). The maximum absolute atomic E-state index is 11.8. The van der Waals surface area contributed by atoms with Crippen LogP contribution in [0, 0.1) is 0 Å². The summed E-state index contributed by atoms with van der Waals surface area (Å²) in [6, 6.07) is 1.52. The Balaban J connectivity index is 2.41. The van der Waals surface area contributed by atoms with Crippen molar-refractivity contribution in [1.29, 1.82) is 0 Å². The Morgan fingerprint density at radius 2 is 1.96 bits per heavy atom. The molecule has 0 saturated carbocycles. The molecule has 0 saturated heterocycles. The number of rotatable bonds is 5. The predicted molar refractivity (Wildman–Crippen MR) is 85.2 cm³/mol. The third kappa shape index (κ3) is 3.85. The summed E-state index contributed by atoms with van der Waals surface area (Å²) >= 11 is 0. The summed E-state index contributed by atoms with van der Waals surface area (Å²) in [5.74, 6) is 0.474. The molecule has 2 aromatic heterocycles. The van der Waals surface area contributed by atoms with Gasteiger partial charge in [-0.15, -0.1) is 0 Å². The average molecular weight is 317 g/mol. The molecule has 0 spiro atoms. The van der Waals surface area contributed by atoms with Crippen LogP contribution >= 0.6 is 0 Å². The fourth-order valence-electron chi connectivity index (χ4n) is 1.88. The van der Waals surface area contributed by atoms with Crippen LogP contribution < -0.4 is 16.2 Å². The van der Waals surface area contributed by atoms with Crippen LogP contribution in [0.5, 0.6) is 11.5 Å². The molecule has 0 unspecified atom stereocenters. The minimum atomic E-state index is -0.519. The molecule has 0 radical (unpaired) electrons. The molecule has 0 aliphatic rings. The van der Waals surface area contributed by atoms with Crippen molar-refractivity contribution in [3.63, 3.8) is 0 Å². The number of ether oxygens (including phenoxy) is 2. The third-order valence-electron chi connectivity index (χ3n) is 3.02. The number of esters is 1. The molecular formula is C15H19N5O3. The maximum Gasteiger partial charge on any atom is 0.357 e. The molecule has 122 valence electrons. The lowest BCUT2D eigenvalue weighted by Crippen LogP contribution is -2.09. The molecule has 0 fully saturated rings. The predicted octanol–water partition coefficient (Wildman–Crippen LogP) is 2.13. The van der Waals surface area contributed by atoms with Crippen molar-refractivity contribution in [3.05, 3.63) is 29.7 Å². The summed E-state index contributed by atoms with van der Waals surface area (Å²) in [7, 11) is 0. The van der Waals surface area contributed by atoms with E-state index >= 15 is 0 Å². The number of pyridine rings is 1. The first-order valence-corrected chi connectivity index (χ1v) is 7.15. The average Bonchev–Trinajstić information content (AvgIpc) is 2.50. The monoisotopic (exact) mass is 317 g/mol. The number of carbonyl (C=O) groups is 1. The normalized spacial score (nSPS) is 10.6. The van der Waals surface area contributed by atoms with Gasteiger partial charge >= 0.3 is 5.97 Å². The van der Waals surface area contributed by atoms with E-state index in [0.717, 1.165) is 5.56 Å². The number of hydrogen-bond acceptors (Lipinski definition) is 8. The molecule has 2 heterocycles. The Kier molecular flexibility index (Phi) is 4.95. The number of hydrogen-bond donors (Lipinski definition) is 2. The lowest BCUT2D eigenvalue weighted by atomic mass is 10.0. The zero-order valence-corrected chi connectivity index (χ0v) is 13.2. The molecular weight excluding hydrogens is 298 g/mol. The molecule has 4 N–H and O–H groups in total. The minimum Gasteiger partial charge on any atom is -0.461 e. The van der Waals surface area contributed by atoms with Crippen molar-refractivity contribution in [2.75, 3.05) is 18.1 Å². The number of carbonyl (C=O) groups excluding carboxylic acids is 1. The minimum absolute atomic E-state index is 0.0564. The Hall–Kier alpha value is -2.90. The molecule has 2 rings (SSSR count). The number of aromatic nitrogens is 3. The Morgan fingerprint density at radius 1 is 1.22 bits per heavy atom. The molecule has 8 heteroatoms. The molecule has 0 bridgehead atoms. The second-order valence-electron chi connectivity index (χ2n) is 5.06. The van der Waals surface area contributed by atoms with Gasteiger partial charge in [0.15, 0.2) is 17.3 Å². The van der Waals surface area contributed by atoms with Crippen LogP contribution in [0.15, 0.2) is 18.5 Å².